The number of benzene rings is 2. The van der Waals surface area contributed by atoms with Crippen molar-refractivity contribution >= 4 is 23.2 Å². The van der Waals surface area contributed by atoms with Gasteiger partial charge in [0.1, 0.15) is 0 Å². The number of aryl methyl sites for hydroxylation is 1. The summed E-state index contributed by atoms with van der Waals surface area (Å²) in [5, 5.41) is 2.91. The molecule has 2 heterocycles. The first-order valence-corrected chi connectivity index (χ1v) is 12.4. The highest BCUT2D eigenvalue weighted by Gasteiger charge is 2.31. The molecule has 1 fully saturated rings. The van der Waals surface area contributed by atoms with E-state index in [0.29, 0.717) is 23.5 Å². The summed E-state index contributed by atoms with van der Waals surface area (Å²) >= 11 is 1.29. The lowest BCUT2D eigenvalue weighted by molar-refractivity contribution is -0.137. The van der Waals surface area contributed by atoms with Crippen LogP contribution in [0.15, 0.2) is 53.5 Å². The van der Waals surface area contributed by atoms with Crippen LogP contribution in [0.2, 0.25) is 0 Å². The van der Waals surface area contributed by atoms with E-state index in [1.165, 1.54) is 23.5 Å². The normalized spacial score (nSPS) is 16.4. The van der Waals surface area contributed by atoms with Crippen molar-refractivity contribution in [3.8, 4) is 0 Å². The van der Waals surface area contributed by atoms with E-state index in [1.807, 2.05) is 24.5 Å². The maximum absolute atomic E-state index is 13.1. The van der Waals surface area contributed by atoms with Crippen molar-refractivity contribution < 1.29 is 27.5 Å². The van der Waals surface area contributed by atoms with Crippen LogP contribution in [0.5, 0.6) is 0 Å². The highest BCUT2D eigenvalue weighted by Crippen LogP contribution is 2.29. The molecule has 1 aliphatic rings. The summed E-state index contributed by atoms with van der Waals surface area (Å²) in [6.45, 7) is 5.30. The van der Waals surface area contributed by atoms with Gasteiger partial charge in [-0.15, -0.1) is 11.3 Å². The number of hydrogen-bond acceptors (Lipinski definition) is 4. The van der Waals surface area contributed by atoms with E-state index in [0.717, 1.165) is 47.7 Å². The van der Waals surface area contributed by atoms with E-state index in [1.54, 1.807) is 18.2 Å². The van der Waals surface area contributed by atoms with Crippen molar-refractivity contribution in [3.63, 3.8) is 0 Å². The van der Waals surface area contributed by atoms with Crippen LogP contribution >= 0.6 is 11.3 Å². The number of amides is 2. The average Bonchev–Trinajstić information content (AvgIpc) is 3.46. The van der Waals surface area contributed by atoms with E-state index in [2.05, 4.69) is 10.3 Å². The number of nitrogens with zero attached hydrogens (tertiary/aromatic N) is 2. The molecule has 3 aromatic rings. The van der Waals surface area contributed by atoms with Crippen molar-refractivity contribution in [1.29, 1.82) is 0 Å². The van der Waals surface area contributed by atoms with Crippen LogP contribution < -0.4 is 10.1 Å². The Kier molecular flexibility index (Phi) is 7.75. The Bertz CT molecular complexity index is 1340. The number of rotatable bonds is 6. The fourth-order valence-electron chi connectivity index (χ4n) is 3.96. The third kappa shape index (κ3) is 6.11. The number of halogens is 3. The van der Waals surface area contributed by atoms with E-state index in [9.17, 15) is 22.8 Å². The summed E-state index contributed by atoms with van der Waals surface area (Å²) in [7, 11) is 0. The first kappa shape index (κ1) is 25.8. The van der Waals surface area contributed by atoms with Crippen LogP contribution in [0.3, 0.4) is 0 Å². The molecule has 36 heavy (non-hydrogen) atoms. The Morgan fingerprint density at radius 1 is 1.14 bits per heavy atom. The smallest absolute Gasteiger partial charge is 0.376 e. The Morgan fingerprint density at radius 3 is 2.61 bits per heavy atom. The van der Waals surface area contributed by atoms with Gasteiger partial charge in [0, 0.05) is 34.8 Å². The highest BCUT2D eigenvalue weighted by atomic mass is 32.1. The van der Waals surface area contributed by atoms with Crippen molar-refractivity contribution in [1.82, 2.24) is 9.88 Å². The topological polar surface area (TPSA) is 72.7 Å². The van der Waals surface area contributed by atoms with Crippen LogP contribution in [0.1, 0.15) is 55.3 Å². The summed E-state index contributed by atoms with van der Waals surface area (Å²) in [4.78, 5) is 30.8. The third-order valence-corrected chi connectivity index (χ3v) is 7.16. The molecular weight excluding hydrogens is 491 g/mol. The molecule has 0 saturated carbocycles. The van der Waals surface area contributed by atoms with Crippen molar-refractivity contribution in [2.45, 2.75) is 45.5 Å². The van der Waals surface area contributed by atoms with Gasteiger partial charge in [-0.3, -0.25) is 9.59 Å². The first-order chi connectivity index (χ1) is 17.1. The lowest BCUT2D eigenvalue weighted by Crippen LogP contribution is -2.31. The van der Waals surface area contributed by atoms with E-state index in [4.69, 9.17) is 4.74 Å². The van der Waals surface area contributed by atoms with Crippen LogP contribution in [0.25, 0.3) is 0 Å². The fraction of sp³-hybridized carbons (Fsp3) is 0.346. The number of thiazole rings is 1. The number of hydrogen-bond donors (Lipinski definition) is 1. The summed E-state index contributed by atoms with van der Waals surface area (Å²) < 4.78 is 46.6. The molecule has 4 rings (SSSR count). The Morgan fingerprint density at radius 2 is 1.89 bits per heavy atom. The molecule has 0 bridgehead atoms. The lowest BCUT2D eigenvalue weighted by atomic mass is 10.1. The predicted molar refractivity (Wildman–Crippen MR) is 130 cm³/mol. The first-order valence-electron chi connectivity index (χ1n) is 11.5. The summed E-state index contributed by atoms with van der Waals surface area (Å²) in [6, 6.07) is 11.4. The maximum atomic E-state index is 13.1. The molecule has 10 heteroatoms. The van der Waals surface area contributed by atoms with Gasteiger partial charge < -0.3 is 14.6 Å². The minimum Gasteiger partial charge on any atom is -0.376 e. The average molecular weight is 518 g/mol. The largest absolute Gasteiger partial charge is 0.416 e. The Balaban J connectivity index is 1.56. The minimum atomic E-state index is -4.55. The zero-order valence-corrected chi connectivity index (χ0v) is 20.7. The maximum Gasteiger partial charge on any atom is 0.416 e. The Labute approximate surface area is 210 Å². The predicted octanol–water partition coefficient (Wildman–Crippen LogP) is 4.88. The molecule has 2 aromatic carbocycles. The summed E-state index contributed by atoms with van der Waals surface area (Å²) in [5.41, 5.74) is 1.18. The standard InChI is InChI=1S/C26H26F3N3O3S/c1-16-17(2)36-25(31-24(34)20-8-4-9-21(13-20)26(27,28)29)32(16)15-18-6-3-7-19(12-18)23(33)30-14-22-10-5-11-35-22/h3-4,6-9,12-13,22H,5,10-11,14-15H2,1-2H3,(H,30,33). The summed E-state index contributed by atoms with van der Waals surface area (Å²) in [5.74, 6) is -0.946. The molecule has 1 unspecified atom stereocenters. The SMILES string of the molecule is Cc1sc(=NC(=O)c2cccc(C(F)(F)F)c2)n(Cc2cccc(C(=O)NCC3CCCO3)c2)c1C. The zero-order valence-electron chi connectivity index (χ0n) is 19.9. The van der Waals surface area contributed by atoms with Gasteiger partial charge in [-0.25, -0.2) is 0 Å². The van der Waals surface area contributed by atoms with Gasteiger partial charge >= 0.3 is 6.18 Å². The third-order valence-electron chi connectivity index (χ3n) is 6.07. The van der Waals surface area contributed by atoms with E-state index in [-0.39, 0.29) is 17.6 Å². The molecular formula is C26H26F3N3O3S. The zero-order chi connectivity index (χ0) is 25.9. The van der Waals surface area contributed by atoms with Gasteiger partial charge in [0.05, 0.1) is 18.2 Å². The number of nitrogens with one attached hydrogen (secondary N) is 1. The molecule has 190 valence electrons. The monoisotopic (exact) mass is 517 g/mol. The number of carbonyl (C=O) groups excluding carboxylic acids is 2. The number of aromatic nitrogens is 1. The van der Waals surface area contributed by atoms with Gasteiger partial charge in [0.2, 0.25) is 0 Å². The second-order valence-electron chi connectivity index (χ2n) is 8.65. The molecule has 2 amide bonds. The van der Waals surface area contributed by atoms with Crippen molar-refractivity contribution in [2.24, 2.45) is 4.99 Å². The molecule has 0 aliphatic carbocycles. The fourth-order valence-corrected chi connectivity index (χ4v) is 4.93. The van der Waals surface area contributed by atoms with Crippen LogP contribution in [-0.2, 0) is 17.5 Å². The quantitative estimate of drug-likeness (QED) is 0.507. The number of carbonyl (C=O) groups is 2. The Hall–Kier alpha value is -3.24. The van der Waals surface area contributed by atoms with E-state index < -0.39 is 17.6 Å². The molecule has 1 saturated heterocycles. The van der Waals surface area contributed by atoms with Crippen LogP contribution in [-0.4, -0.2) is 35.6 Å². The second kappa shape index (κ2) is 10.8. The van der Waals surface area contributed by atoms with Gasteiger partial charge in [0.25, 0.3) is 11.8 Å². The summed E-state index contributed by atoms with van der Waals surface area (Å²) in [6.07, 6.45) is -2.58. The van der Waals surface area contributed by atoms with Gasteiger partial charge in [-0.05, 0) is 62.6 Å². The van der Waals surface area contributed by atoms with Crippen LogP contribution in [0.4, 0.5) is 13.2 Å². The molecule has 6 nitrogen and oxygen atoms in total. The number of ether oxygens (including phenoxy) is 1. The number of alkyl halides is 3. The van der Waals surface area contributed by atoms with Crippen LogP contribution in [0, 0.1) is 13.8 Å². The molecule has 1 aromatic heterocycles. The molecule has 1 atom stereocenters. The molecule has 1 N–H and O–H groups in total. The molecule has 0 radical (unpaired) electrons. The van der Waals surface area contributed by atoms with Gasteiger partial charge in [-0.2, -0.15) is 18.2 Å². The van der Waals surface area contributed by atoms with Gasteiger partial charge in [0.15, 0.2) is 4.80 Å². The minimum absolute atomic E-state index is 0.0441. The van der Waals surface area contributed by atoms with E-state index >= 15 is 0 Å². The lowest BCUT2D eigenvalue weighted by Gasteiger charge is -2.12. The van der Waals surface area contributed by atoms with Crippen molar-refractivity contribution in [3.05, 3.63) is 86.2 Å². The second-order valence-corrected chi connectivity index (χ2v) is 9.83. The van der Waals surface area contributed by atoms with Crippen molar-refractivity contribution in [2.75, 3.05) is 13.2 Å². The highest BCUT2D eigenvalue weighted by molar-refractivity contribution is 7.09. The molecule has 0 spiro atoms. The van der Waals surface area contributed by atoms with Gasteiger partial charge in [-0.1, -0.05) is 18.2 Å². The molecule has 1 aliphatic heterocycles.